The van der Waals surface area contributed by atoms with E-state index in [0.717, 1.165) is 31.4 Å². The SMILES string of the molecule is COC(=O)[C@H]1O[C@@H](Oc2cc(O)c3c(=O)c(O)c(-c4ccc(O)c(O)c4)oc3c2)[C@H](O)[C@@H](O)[C@@H]1O. The van der Waals surface area contributed by atoms with Crippen LogP contribution < -0.4 is 10.2 Å². The minimum absolute atomic E-state index is 0.0201. The first-order chi connectivity index (χ1) is 16.5. The summed E-state index contributed by atoms with van der Waals surface area (Å²) in [6.45, 7) is 0. The highest BCUT2D eigenvalue weighted by atomic mass is 16.7. The molecule has 0 saturated carbocycles. The van der Waals surface area contributed by atoms with Crippen LogP contribution in [-0.4, -0.2) is 79.5 Å². The summed E-state index contributed by atoms with van der Waals surface area (Å²) >= 11 is 0. The molecule has 7 N–H and O–H groups in total. The number of benzene rings is 2. The van der Waals surface area contributed by atoms with Crippen molar-refractivity contribution in [2.75, 3.05) is 7.11 Å². The molecule has 0 bridgehead atoms. The van der Waals surface area contributed by atoms with E-state index in [1.807, 2.05) is 0 Å². The molecule has 1 saturated heterocycles. The Kier molecular flexibility index (Phi) is 6.17. The number of aromatic hydroxyl groups is 4. The van der Waals surface area contributed by atoms with Crippen LogP contribution in [0.5, 0.6) is 28.7 Å². The summed E-state index contributed by atoms with van der Waals surface area (Å²) in [4.78, 5) is 24.5. The molecule has 0 radical (unpaired) electrons. The Balaban J connectivity index is 1.75. The molecule has 1 aromatic heterocycles. The van der Waals surface area contributed by atoms with Crippen LogP contribution in [0.15, 0.2) is 39.5 Å². The van der Waals surface area contributed by atoms with Crippen LogP contribution in [0.25, 0.3) is 22.3 Å². The molecule has 3 aromatic rings. The lowest BCUT2D eigenvalue weighted by atomic mass is 9.99. The molecule has 0 aliphatic carbocycles. The first kappa shape index (κ1) is 24.1. The van der Waals surface area contributed by atoms with E-state index >= 15 is 0 Å². The first-order valence-electron chi connectivity index (χ1n) is 10.0. The van der Waals surface area contributed by atoms with E-state index in [-0.39, 0.29) is 16.9 Å². The molecule has 1 fully saturated rings. The Morgan fingerprint density at radius 2 is 1.63 bits per heavy atom. The van der Waals surface area contributed by atoms with E-state index in [1.165, 1.54) is 6.07 Å². The maximum Gasteiger partial charge on any atom is 0.337 e. The summed E-state index contributed by atoms with van der Waals surface area (Å²) in [6.07, 6.45) is -8.90. The summed E-state index contributed by atoms with van der Waals surface area (Å²) < 4.78 is 20.7. The number of methoxy groups -OCH3 is 1. The largest absolute Gasteiger partial charge is 0.507 e. The number of fused-ring (bicyclic) bond motifs is 1. The zero-order chi connectivity index (χ0) is 25.6. The van der Waals surface area contributed by atoms with Gasteiger partial charge >= 0.3 is 5.97 Å². The predicted octanol–water partition coefficient (Wildman–Crippen LogP) is -0.358. The van der Waals surface area contributed by atoms with Crippen molar-refractivity contribution in [2.45, 2.75) is 30.7 Å². The van der Waals surface area contributed by atoms with Gasteiger partial charge in [0.2, 0.25) is 17.5 Å². The molecule has 2 aromatic carbocycles. The number of carbonyl (C=O) groups is 1. The van der Waals surface area contributed by atoms with Gasteiger partial charge in [0.1, 0.15) is 40.8 Å². The molecule has 35 heavy (non-hydrogen) atoms. The third-order valence-corrected chi connectivity index (χ3v) is 5.42. The molecule has 5 atom stereocenters. The molecule has 0 amide bonds. The second kappa shape index (κ2) is 8.96. The third kappa shape index (κ3) is 4.17. The fraction of sp³-hybridized carbons (Fsp3) is 0.273. The van der Waals surface area contributed by atoms with E-state index in [0.29, 0.717) is 0 Å². The van der Waals surface area contributed by atoms with Gasteiger partial charge in [-0.15, -0.1) is 0 Å². The lowest BCUT2D eigenvalue weighted by Crippen LogP contribution is -2.61. The maximum absolute atomic E-state index is 12.7. The summed E-state index contributed by atoms with van der Waals surface area (Å²) in [7, 11) is 1.02. The number of phenols is 3. The van der Waals surface area contributed by atoms with Crippen molar-refractivity contribution in [3.8, 4) is 40.1 Å². The van der Waals surface area contributed by atoms with Crippen molar-refractivity contribution < 1.29 is 59.2 Å². The van der Waals surface area contributed by atoms with Gasteiger partial charge < -0.3 is 54.4 Å². The quantitative estimate of drug-likeness (QED) is 0.183. The lowest BCUT2D eigenvalue weighted by Gasteiger charge is -2.38. The lowest BCUT2D eigenvalue weighted by molar-refractivity contribution is -0.271. The highest BCUT2D eigenvalue weighted by molar-refractivity contribution is 5.88. The van der Waals surface area contributed by atoms with E-state index < -0.39 is 76.2 Å². The van der Waals surface area contributed by atoms with Crippen molar-refractivity contribution in [3.05, 3.63) is 40.6 Å². The molecule has 1 aliphatic rings. The van der Waals surface area contributed by atoms with E-state index in [9.17, 15) is 45.3 Å². The highest BCUT2D eigenvalue weighted by Crippen LogP contribution is 2.38. The van der Waals surface area contributed by atoms with Crippen LogP contribution in [0, 0.1) is 0 Å². The van der Waals surface area contributed by atoms with E-state index in [2.05, 4.69) is 4.74 Å². The fourth-order valence-electron chi connectivity index (χ4n) is 3.58. The number of hydrogen-bond donors (Lipinski definition) is 7. The van der Waals surface area contributed by atoms with Crippen molar-refractivity contribution in [1.82, 2.24) is 0 Å². The minimum atomic E-state index is -1.85. The van der Waals surface area contributed by atoms with Gasteiger partial charge in [-0.3, -0.25) is 4.79 Å². The van der Waals surface area contributed by atoms with Crippen LogP contribution in [0.3, 0.4) is 0 Å². The molecule has 13 heteroatoms. The van der Waals surface area contributed by atoms with Crippen LogP contribution >= 0.6 is 0 Å². The Labute approximate surface area is 195 Å². The number of rotatable bonds is 4. The summed E-state index contributed by atoms with van der Waals surface area (Å²) in [6, 6.07) is 5.42. The predicted molar refractivity (Wildman–Crippen MR) is 114 cm³/mol. The number of ether oxygens (including phenoxy) is 3. The normalized spacial score (nSPS) is 24.3. The number of phenolic OH excluding ortho intramolecular Hbond substituents is 3. The standard InChI is InChI=1S/C22H20O13/c1-32-21(31)20-17(29)15(27)18(30)22(35-20)33-8-5-11(25)13-12(6-8)34-19(16(28)14(13)26)7-2-3-9(23)10(24)4-7/h2-6,15,17-18,20,22-25,27-30H,1H3/t15-,17-,18+,20-,22+/m0/s1. The zero-order valence-corrected chi connectivity index (χ0v) is 17.9. The molecular formula is C22H20O13. The monoisotopic (exact) mass is 492 g/mol. The van der Waals surface area contributed by atoms with Crippen molar-refractivity contribution in [2.24, 2.45) is 0 Å². The number of esters is 1. The molecular weight excluding hydrogens is 472 g/mol. The van der Waals surface area contributed by atoms with Crippen LogP contribution in [-0.2, 0) is 14.3 Å². The summed E-state index contributed by atoms with van der Waals surface area (Å²) in [5, 5.41) is 69.7. The van der Waals surface area contributed by atoms with Gasteiger partial charge in [0.25, 0.3) is 0 Å². The average molecular weight is 492 g/mol. The van der Waals surface area contributed by atoms with Gasteiger partial charge in [0.15, 0.2) is 23.4 Å². The van der Waals surface area contributed by atoms with Gasteiger partial charge in [-0.2, -0.15) is 0 Å². The average Bonchev–Trinajstić information content (AvgIpc) is 2.82. The van der Waals surface area contributed by atoms with Crippen LogP contribution in [0.4, 0.5) is 0 Å². The number of aliphatic hydroxyl groups is 3. The molecule has 2 heterocycles. The maximum atomic E-state index is 12.7. The van der Waals surface area contributed by atoms with Crippen LogP contribution in [0.1, 0.15) is 0 Å². The van der Waals surface area contributed by atoms with Gasteiger partial charge in [-0.1, -0.05) is 0 Å². The third-order valence-electron chi connectivity index (χ3n) is 5.42. The number of aliphatic hydroxyl groups excluding tert-OH is 3. The van der Waals surface area contributed by atoms with Crippen molar-refractivity contribution >= 4 is 16.9 Å². The fourth-order valence-corrected chi connectivity index (χ4v) is 3.58. The molecule has 0 spiro atoms. The van der Waals surface area contributed by atoms with Gasteiger partial charge in [0.05, 0.1) is 7.11 Å². The second-order valence-electron chi connectivity index (χ2n) is 7.67. The second-order valence-corrected chi connectivity index (χ2v) is 7.67. The van der Waals surface area contributed by atoms with Gasteiger partial charge in [-0.25, -0.2) is 4.79 Å². The highest BCUT2D eigenvalue weighted by Gasteiger charge is 2.48. The summed E-state index contributed by atoms with van der Waals surface area (Å²) in [5.41, 5.74) is -1.29. The Hall–Kier alpha value is -4.04. The van der Waals surface area contributed by atoms with Crippen molar-refractivity contribution in [3.63, 3.8) is 0 Å². The Morgan fingerprint density at radius 1 is 0.914 bits per heavy atom. The van der Waals surface area contributed by atoms with E-state index in [1.54, 1.807) is 0 Å². The van der Waals surface area contributed by atoms with Gasteiger partial charge in [0, 0.05) is 17.7 Å². The molecule has 13 nitrogen and oxygen atoms in total. The molecule has 0 unspecified atom stereocenters. The molecule has 4 rings (SSSR count). The Bertz CT molecular complexity index is 1350. The molecule has 186 valence electrons. The smallest absolute Gasteiger partial charge is 0.337 e. The summed E-state index contributed by atoms with van der Waals surface area (Å²) in [5.74, 6) is -4.25. The Morgan fingerprint density at radius 3 is 2.29 bits per heavy atom. The minimum Gasteiger partial charge on any atom is -0.507 e. The van der Waals surface area contributed by atoms with E-state index in [4.69, 9.17) is 13.9 Å². The zero-order valence-electron chi connectivity index (χ0n) is 17.9. The van der Waals surface area contributed by atoms with Crippen LogP contribution in [0.2, 0.25) is 0 Å². The topological polar surface area (TPSA) is 217 Å². The first-order valence-corrected chi connectivity index (χ1v) is 10.0. The number of hydrogen-bond acceptors (Lipinski definition) is 13. The molecule has 1 aliphatic heterocycles. The van der Waals surface area contributed by atoms with Gasteiger partial charge in [-0.05, 0) is 18.2 Å². The number of carbonyl (C=O) groups excluding carboxylic acids is 1. The van der Waals surface area contributed by atoms with Crippen molar-refractivity contribution in [1.29, 1.82) is 0 Å².